The molecule has 61 heavy (non-hydrogen) atoms. The maximum absolute atomic E-state index is 14.3. The number of amides is 4. The van der Waals surface area contributed by atoms with Crippen LogP contribution in [0.2, 0.25) is 0 Å². The number of benzene rings is 2. The lowest BCUT2D eigenvalue weighted by molar-refractivity contribution is -0.138. The van der Waals surface area contributed by atoms with Crippen LogP contribution in [0.4, 0.5) is 11.4 Å². The number of imide groups is 1. The number of thioether (sulfide) groups is 1. The van der Waals surface area contributed by atoms with Gasteiger partial charge in [0.1, 0.15) is 11.8 Å². The average molecular weight is 849 g/mol. The van der Waals surface area contributed by atoms with Crippen LogP contribution in [0.1, 0.15) is 83.9 Å². The summed E-state index contributed by atoms with van der Waals surface area (Å²) in [4.78, 5) is 94.3. The van der Waals surface area contributed by atoms with Gasteiger partial charge in [-0.3, -0.25) is 38.5 Å². The molecule has 0 spiro atoms. The lowest BCUT2D eigenvalue weighted by Crippen LogP contribution is -2.54. The van der Waals surface area contributed by atoms with E-state index in [1.54, 1.807) is 20.1 Å². The van der Waals surface area contributed by atoms with Gasteiger partial charge in [0.2, 0.25) is 23.6 Å². The van der Waals surface area contributed by atoms with Crippen molar-refractivity contribution in [3.05, 3.63) is 76.9 Å². The third-order valence-corrected chi connectivity index (χ3v) is 12.8. The highest BCUT2D eigenvalue weighted by molar-refractivity contribution is 8.00. The SMILES string of the molecule is C=C[C@H](CC(=O)[C@@H](NC(=O)CCCN1C(=O)CC(SC)C1=O)C(C)C)C(=O)Nc1ccc2c(c1)C(=O)c1c(O)cc3c(c1C2=O)N[C@H]1C#C/C=C\C#C[C@@H](O)[C@@]32O[C@@]12[C@@H](C)O. The van der Waals surface area contributed by atoms with Gasteiger partial charge in [-0.15, -0.1) is 6.58 Å². The number of aliphatic hydroxyl groups is 2. The number of anilines is 2. The highest BCUT2D eigenvalue weighted by atomic mass is 32.2. The predicted octanol–water partition coefficient (Wildman–Crippen LogP) is 2.36. The second-order valence-electron chi connectivity index (χ2n) is 15.9. The summed E-state index contributed by atoms with van der Waals surface area (Å²) in [5, 5.41) is 42.0. The number of nitrogens with one attached hydrogen (secondary N) is 3. The van der Waals surface area contributed by atoms with E-state index in [0.29, 0.717) is 0 Å². The molecular weight excluding hydrogens is 805 g/mol. The molecule has 2 aliphatic carbocycles. The topological polar surface area (TPSA) is 232 Å². The molecule has 8 atom stereocenters. The van der Waals surface area contributed by atoms with Crippen LogP contribution >= 0.6 is 11.8 Å². The summed E-state index contributed by atoms with van der Waals surface area (Å²) in [6, 6.07) is 3.34. The first-order valence-electron chi connectivity index (χ1n) is 19.8. The Bertz CT molecular complexity index is 2470. The molecule has 7 rings (SSSR count). The maximum Gasteiger partial charge on any atom is 0.242 e. The Balaban J connectivity index is 1.06. The fourth-order valence-corrected chi connectivity index (χ4v) is 9.35. The Kier molecular flexibility index (Phi) is 11.6. The van der Waals surface area contributed by atoms with E-state index in [-0.39, 0.29) is 89.2 Å². The normalized spacial score (nSPS) is 26.0. The van der Waals surface area contributed by atoms with Gasteiger partial charge in [-0.05, 0) is 61.9 Å². The smallest absolute Gasteiger partial charge is 0.242 e. The Hall–Kier alpha value is -6.04. The average Bonchev–Trinajstić information content (AvgIpc) is 3.89. The quantitative estimate of drug-likeness (QED) is 0.0451. The number of ether oxygens (including phenoxy) is 1. The standard InChI is InChI=1S/C45H44N4O11S/c1-6-24(18-30(52)38(22(2)3)48-34(54)14-11-17-49-35(55)21-31(61-5)43(49)59)42(58)46-25-15-16-26-27(19-25)41(57)36-29(51)20-28-39(37(36)40(26)56)47-32-12-9-7-8-10-13-33(53)45(28)44(32,60-45)23(4)50/h6-8,15-16,19-20,22-24,31-33,38,47,50-51,53H,1,11,14,17-18,21H2,2-5H3,(H,46,58)(H,48,54)/b8-7-/t23-,24-,31?,32+,33-,38+,44+,45+/m1/s1. The highest BCUT2D eigenvalue weighted by Crippen LogP contribution is 2.67. The van der Waals surface area contributed by atoms with Crippen LogP contribution in [0.5, 0.6) is 5.75 Å². The van der Waals surface area contributed by atoms with Crippen molar-refractivity contribution in [3.8, 4) is 29.4 Å². The summed E-state index contributed by atoms with van der Waals surface area (Å²) in [5.74, 6) is 5.72. The molecule has 0 aromatic heterocycles. The van der Waals surface area contributed by atoms with E-state index in [1.807, 2.05) is 0 Å². The number of fused-ring (bicyclic) bond motifs is 4. The number of nitrogens with zero attached hydrogens (tertiary/aromatic N) is 1. The van der Waals surface area contributed by atoms with Crippen LogP contribution in [0.15, 0.2) is 49.1 Å². The third kappa shape index (κ3) is 7.13. The molecule has 2 bridgehead atoms. The first kappa shape index (κ1) is 43.1. The van der Waals surface area contributed by atoms with Crippen LogP contribution < -0.4 is 16.0 Å². The minimum Gasteiger partial charge on any atom is -0.507 e. The van der Waals surface area contributed by atoms with Crippen LogP contribution in [0, 0.1) is 35.5 Å². The van der Waals surface area contributed by atoms with Gasteiger partial charge in [-0.25, -0.2) is 0 Å². The van der Waals surface area contributed by atoms with Crippen LogP contribution in [-0.4, -0.2) is 109 Å². The second-order valence-corrected chi connectivity index (χ2v) is 16.9. The zero-order valence-corrected chi connectivity index (χ0v) is 34.6. The predicted molar refractivity (Wildman–Crippen MR) is 223 cm³/mol. The molecule has 0 radical (unpaired) electrons. The number of Topliss-reactive ketones (excluding diaryl/α,β-unsaturated/α-hetero) is 1. The molecule has 2 aromatic carbocycles. The summed E-state index contributed by atoms with van der Waals surface area (Å²) >= 11 is 1.30. The number of phenols is 1. The van der Waals surface area contributed by atoms with E-state index in [2.05, 4.69) is 46.2 Å². The van der Waals surface area contributed by atoms with Crippen molar-refractivity contribution in [2.75, 3.05) is 23.4 Å². The third-order valence-electron chi connectivity index (χ3n) is 11.9. The number of allylic oxidation sites excluding steroid dienone is 2. The number of phenolic OH excluding ortho intramolecular Hbond substituents is 1. The second kappa shape index (κ2) is 16.4. The van der Waals surface area contributed by atoms with E-state index < -0.39 is 81.6 Å². The van der Waals surface area contributed by atoms with Gasteiger partial charge in [0.05, 0.1) is 40.1 Å². The van der Waals surface area contributed by atoms with Crippen molar-refractivity contribution in [1.29, 1.82) is 0 Å². The summed E-state index contributed by atoms with van der Waals surface area (Å²) < 4.78 is 6.20. The Morgan fingerprint density at radius 1 is 1.07 bits per heavy atom. The van der Waals surface area contributed by atoms with Gasteiger partial charge in [-0.1, -0.05) is 43.6 Å². The molecule has 2 saturated heterocycles. The molecule has 3 aliphatic heterocycles. The van der Waals surface area contributed by atoms with Crippen molar-refractivity contribution in [2.45, 2.75) is 87.2 Å². The fraction of sp³-hybridized carbons (Fsp3) is 0.400. The van der Waals surface area contributed by atoms with E-state index in [1.165, 1.54) is 61.2 Å². The van der Waals surface area contributed by atoms with Crippen molar-refractivity contribution in [3.63, 3.8) is 0 Å². The molecule has 2 fully saturated rings. The minimum atomic E-state index is -1.72. The Morgan fingerprint density at radius 2 is 1.77 bits per heavy atom. The largest absolute Gasteiger partial charge is 0.507 e. The maximum atomic E-state index is 14.3. The van der Waals surface area contributed by atoms with Gasteiger partial charge in [-0.2, -0.15) is 11.8 Å². The van der Waals surface area contributed by atoms with Crippen LogP contribution in [0.25, 0.3) is 0 Å². The van der Waals surface area contributed by atoms with Crippen molar-refractivity contribution < 1.29 is 53.6 Å². The van der Waals surface area contributed by atoms with E-state index >= 15 is 0 Å². The number of rotatable bonds is 14. The first-order valence-corrected chi connectivity index (χ1v) is 21.1. The Labute approximate surface area is 355 Å². The summed E-state index contributed by atoms with van der Waals surface area (Å²) in [5.41, 5.74) is -3.59. The summed E-state index contributed by atoms with van der Waals surface area (Å²) in [6.07, 6.45) is 3.20. The molecule has 316 valence electrons. The highest BCUT2D eigenvalue weighted by Gasteiger charge is 2.82. The number of hydrogen-bond acceptors (Lipinski definition) is 13. The first-order chi connectivity index (χ1) is 29.0. The lowest BCUT2D eigenvalue weighted by Gasteiger charge is -2.37. The van der Waals surface area contributed by atoms with Gasteiger partial charge >= 0.3 is 0 Å². The van der Waals surface area contributed by atoms with Gasteiger partial charge in [0.15, 0.2) is 34.7 Å². The monoisotopic (exact) mass is 848 g/mol. The number of hydrogen-bond donors (Lipinski definition) is 6. The molecule has 16 heteroatoms. The number of likely N-dealkylation sites (tertiary alicyclic amines) is 1. The zero-order valence-electron chi connectivity index (χ0n) is 33.8. The van der Waals surface area contributed by atoms with Crippen LogP contribution in [0.3, 0.4) is 0 Å². The molecule has 5 aliphatic rings. The van der Waals surface area contributed by atoms with Crippen LogP contribution in [-0.2, 0) is 34.3 Å². The van der Waals surface area contributed by atoms with Crippen molar-refractivity contribution >= 4 is 64.1 Å². The van der Waals surface area contributed by atoms with Gasteiger partial charge < -0.3 is 36.0 Å². The molecule has 15 nitrogen and oxygen atoms in total. The van der Waals surface area contributed by atoms with E-state index in [4.69, 9.17) is 4.74 Å². The molecule has 1 unspecified atom stereocenters. The summed E-state index contributed by atoms with van der Waals surface area (Å²) in [6.45, 7) is 8.77. The molecule has 0 saturated carbocycles. The fourth-order valence-electron chi connectivity index (χ4n) is 8.71. The summed E-state index contributed by atoms with van der Waals surface area (Å²) in [7, 11) is 0. The van der Waals surface area contributed by atoms with E-state index in [9.17, 15) is 48.9 Å². The number of epoxide rings is 1. The Morgan fingerprint density at radius 3 is 2.43 bits per heavy atom. The zero-order chi connectivity index (χ0) is 44.1. The molecule has 2 aromatic rings. The number of carbonyl (C=O) groups excluding carboxylic acids is 7. The number of aliphatic hydroxyl groups excluding tert-OH is 2. The number of aromatic hydroxyl groups is 1. The number of carbonyl (C=O) groups is 7. The van der Waals surface area contributed by atoms with Crippen molar-refractivity contribution in [1.82, 2.24) is 10.2 Å². The molecule has 6 N–H and O–H groups in total. The molecule has 4 amide bonds. The van der Waals surface area contributed by atoms with Gasteiger partial charge in [0, 0.05) is 48.2 Å². The number of ketones is 3. The van der Waals surface area contributed by atoms with E-state index in [0.717, 1.165) is 4.90 Å². The lowest BCUT2D eigenvalue weighted by atomic mass is 9.69. The van der Waals surface area contributed by atoms with Crippen molar-refractivity contribution in [2.24, 2.45) is 11.8 Å². The van der Waals surface area contributed by atoms with Gasteiger partial charge in [0.25, 0.3) is 0 Å². The molecular formula is C45H44N4O11S. The minimum absolute atomic E-state index is 0.0338. The molecule has 3 heterocycles.